The first-order chi connectivity index (χ1) is 12.2. The molecule has 0 radical (unpaired) electrons. The maximum absolute atomic E-state index is 14.3. The number of aromatic amines is 1. The van der Waals surface area contributed by atoms with Gasteiger partial charge in [0.05, 0.1) is 12.1 Å². The van der Waals surface area contributed by atoms with Gasteiger partial charge < -0.3 is 15.4 Å². The maximum Gasteiger partial charge on any atom is 0.263 e. The highest BCUT2D eigenvalue weighted by molar-refractivity contribution is 5.80. The Labute approximate surface area is 145 Å². The number of benzene rings is 1. The van der Waals surface area contributed by atoms with Gasteiger partial charge in [-0.05, 0) is 50.6 Å². The Morgan fingerprint density at radius 1 is 1.20 bits per heavy atom. The second-order valence-electron chi connectivity index (χ2n) is 7.04. The van der Waals surface area contributed by atoms with Crippen LogP contribution in [0.2, 0.25) is 0 Å². The number of nitrogens with one attached hydrogen (secondary N) is 3. The molecule has 6 nitrogen and oxygen atoms in total. The van der Waals surface area contributed by atoms with Crippen molar-refractivity contribution in [2.45, 2.75) is 25.7 Å². The summed E-state index contributed by atoms with van der Waals surface area (Å²) in [6, 6.07) is 2.91. The minimum Gasteiger partial charge on any atom is -0.493 e. The maximum atomic E-state index is 14.3. The summed E-state index contributed by atoms with van der Waals surface area (Å²) in [6.07, 6.45) is 4.52. The van der Waals surface area contributed by atoms with E-state index in [9.17, 15) is 9.18 Å². The van der Waals surface area contributed by atoms with E-state index in [4.69, 9.17) is 4.74 Å². The van der Waals surface area contributed by atoms with Crippen LogP contribution < -0.4 is 20.9 Å². The van der Waals surface area contributed by atoms with E-state index in [2.05, 4.69) is 20.6 Å². The third-order valence-electron chi connectivity index (χ3n) is 4.93. The smallest absolute Gasteiger partial charge is 0.263 e. The zero-order chi connectivity index (χ0) is 17.2. The molecule has 2 aromatic rings. The number of nitrogens with zero attached hydrogens (tertiary/aromatic N) is 1. The topological polar surface area (TPSA) is 79.0 Å². The fourth-order valence-electron chi connectivity index (χ4n) is 3.19. The molecule has 1 aromatic carbocycles. The van der Waals surface area contributed by atoms with Crippen LogP contribution in [0.5, 0.6) is 5.75 Å². The van der Waals surface area contributed by atoms with Crippen molar-refractivity contribution in [3.63, 3.8) is 0 Å². The fraction of sp³-hybridized carbons (Fsp3) is 0.556. The average molecular weight is 346 g/mol. The van der Waals surface area contributed by atoms with E-state index < -0.39 is 11.4 Å². The summed E-state index contributed by atoms with van der Waals surface area (Å²) in [6.45, 7) is 3.37. The Morgan fingerprint density at radius 3 is 2.76 bits per heavy atom. The number of hydrogen-bond acceptors (Lipinski definition) is 5. The minimum absolute atomic E-state index is 0.0220. The van der Waals surface area contributed by atoms with Crippen LogP contribution in [-0.2, 0) is 0 Å². The lowest BCUT2D eigenvalue weighted by atomic mass is 9.98. The molecule has 25 heavy (non-hydrogen) atoms. The Kier molecular flexibility index (Phi) is 4.57. The molecule has 0 spiro atoms. The Morgan fingerprint density at radius 2 is 2.00 bits per heavy atom. The lowest BCUT2D eigenvalue weighted by molar-refractivity contribution is 0.299. The highest BCUT2D eigenvalue weighted by Gasteiger charge is 2.22. The van der Waals surface area contributed by atoms with Gasteiger partial charge in [0.25, 0.3) is 5.56 Å². The molecule has 0 atom stereocenters. The summed E-state index contributed by atoms with van der Waals surface area (Å²) in [7, 11) is 0. The second kappa shape index (κ2) is 7.00. The van der Waals surface area contributed by atoms with Gasteiger partial charge in [0, 0.05) is 18.7 Å². The molecule has 0 unspecified atom stereocenters. The molecule has 2 aliphatic rings. The van der Waals surface area contributed by atoms with Crippen molar-refractivity contribution in [1.82, 2.24) is 15.3 Å². The van der Waals surface area contributed by atoms with Gasteiger partial charge in [-0.15, -0.1) is 0 Å². The van der Waals surface area contributed by atoms with E-state index in [1.54, 1.807) is 6.07 Å². The summed E-state index contributed by atoms with van der Waals surface area (Å²) in [5.41, 5.74) is -0.147. The van der Waals surface area contributed by atoms with Crippen molar-refractivity contribution in [2.24, 2.45) is 11.8 Å². The van der Waals surface area contributed by atoms with Gasteiger partial charge in [0.15, 0.2) is 0 Å². The Hall–Kier alpha value is -2.15. The Balaban J connectivity index is 1.54. The monoisotopic (exact) mass is 346 g/mol. The summed E-state index contributed by atoms with van der Waals surface area (Å²) in [5.74, 6) is 1.34. The molecule has 2 fully saturated rings. The quantitative estimate of drug-likeness (QED) is 0.748. The number of aromatic nitrogens is 2. The Bertz CT molecular complexity index is 813. The number of rotatable bonds is 6. The van der Waals surface area contributed by atoms with Crippen LogP contribution in [0.25, 0.3) is 10.9 Å². The highest BCUT2D eigenvalue weighted by atomic mass is 19.1. The summed E-state index contributed by atoms with van der Waals surface area (Å²) in [4.78, 5) is 19.3. The van der Waals surface area contributed by atoms with Gasteiger partial charge in [-0.1, -0.05) is 0 Å². The predicted octanol–water partition coefficient (Wildman–Crippen LogP) is 2.26. The molecular weight excluding hydrogens is 323 g/mol. The summed E-state index contributed by atoms with van der Waals surface area (Å²) < 4.78 is 19.9. The average Bonchev–Trinajstić information content (AvgIpc) is 3.43. The molecule has 3 N–H and O–H groups in total. The first-order valence-corrected chi connectivity index (χ1v) is 9.00. The SMILES string of the molecule is O=c1[nH]c(NCC2CCNCC2)nc2cc(OCC3CC3)cc(F)c12. The van der Waals surface area contributed by atoms with Gasteiger partial charge in [-0.25, -0.2) is 9.37 Å². The normalized spacial score (nSPS) is 18.4. The number of ether oxygens (including phenoxy) is 1. The van der Waals surface area contributed by atoms with Gasteiger partial charge in [-0.2, -0.15) is 0 Å². The lowest BCUT2D eigenvalue weighted by Gasteiger charge is -2.22. The zero-order valence-electron chi connectivity index (χ0n) is 14.1. The van der Waals surface area contributed by atoms with Crippen LogP contribution in [0.4, 0.5) is 10.3 Å². The largest absolute Gasteiger partial charge is 0.493 e. The van der Waals surface area contributed by atoms with E-state index in [-0.39, 0.29) is 5.39 Å². The van der Waals surface area contributed by atoms with Crippen LogP contribution in [0, 0.1) is 17.7 Å². The number of anilines is 1. The molecule has 0 bridgehead atoms. The summed E-state index contributed by atoms with van der Waals surface area (Å²) in [5, 5.41) is 6.49. The van der Waals surface area contributed by atoms with Crippen LogP contribution in [-0.4, -0.2) is 36.2 Å². The van der Waals surface area contributed by atoms with E-state index in [1.807, 2.05) is 0 Å². The third-order valence-corrected chi connectivity index (χ3v) is 4.93. The van der Waals surface area contributed by atoms with E-state index in [0.29, 0.717) is 35.7 Å². The molecule has 134 valence electrons. The third kappa shape index (κ3) is 3.92. The van der Waals surface area contributed by atoms with E-state index >= 15 is 0 Å². The number of fused-ring (bicyclic) bond motifs is 1. The van der Waals surface area contributed by atoms with Crippen LogP contribution >= 0.6 is 0 Å². The molecule has 7 heteroatoms. The van der Waals surface area contributed by atoms with Crippen molar-refractivity contribution < 1.29 is 9.13 Å². The van der Waals surface area contributed by atoms with Gasteiger partial charge in [-0.3, -0.25) is 9.78 Å². The molecule has 4 rings (SSSR count). The molecule has 2 heterocycles. The minimum atomic E-state index is -0.595. The molecule has 1 aliphatic heterocycles. The molecule has 1 aromatic heterocycles. The van der Waals surface area contributed by atoms with E-state index in [0.717, 1.165) is 32.5 Å². The highest BCUT2D eigenvalue weighted by Crippen LogP contribution is 2.30. The standard InChI is InChI=1S/C18H23FN4O2/c19-14-7-13(25-10-12-1-2-12)8-15-16(14)17(24)23-18(22-15)21-9-11-3-5-20-6-4-11/h7-8,11-12,20H,1-6,9-10H2,(H2,21,22,23,24). The fourth-order valence-corrected chi connectivity index (χ4v) is 3.19. The predicted molar refractivity (Wildman–Crippen MR) is 94.6 cm³/mol. The van der Waals surface area contributed by atoms with Crippen molar-refractivity contribution in [3.8, 4) is 5.75 Å². The second-order valence-corrected chi connectivity index (χ2v) is 7.04. The molecule has 1 saturated heterocycles. The number of H-pyrrole nitrogens is 1. The number of hydrogen-bond donors (Lipinski definition) is 3. The summed E-state index contributed by atoms with van der Waals surface area (Å²) >= 11 is 0. The van der Waals surface area contributed by atoms with Gasteiger partial charge >= 0.3 is 0 Å². The molecular formula is C18H23FN4O2. The first kappa shape index (κ1) is 16.3. The van der Waals surface area contributed by atoms with Crippen molar-refractivity contribution in [1.29, 1.82) is 0 Å². The van der Waals surface area contributed by atoms with Crippen molar-refractivity contribution >= 4 is 16.9 Å². The lowest BCUT2D eigenvalue weighted by Crippen LogP contribution is -2.31. The first-order valence-electron chi connectivity index (χ1n) is 9.00. The van der Waals surface area contributed by atoms with Gasteiger partial charge in [0.1, 0.15) is 17.0 Å². The van der Waals surface area contributed by atoms with Crippen molar-refractivity contribution in [3.05, 3.63) is 28.3 Å². The van der Waals surface area contributed by atoms with E-state index in [1.165, 1.54) is 18.9 Å². The van der Waals surface area contributed by atoms with Crippen molar-refractivity contribution in [2.75, 3.05) is 31.6 Å². The van der Waals surface area contributed by atoms with Crippen LogP contribution in [0.3, 0.4) is 0 Å². The number of piperidine rings is 1. The zero-order valence-corrected chi connectivity index (χ0v) is 14.1. The molecule has 1 aliphatic carbocycles. The molecule has 1 saturated carbocycles. The van der Waals surface area contributed by atoms with Crippen LogP contribution in [0.1, 0.15) is 25.7 Å². The van der Waals surface area contributed by atoms with Crippen LogP contribution in [0.15, 0.2) is 16.9 Å². The molecule has 0 amide bonds. The van der Waals surface area contributed by atoms with Gasteiger partial charge in [0.2, 0.25) is 5.95 Å². The number of halogens is 1.